The van der Waals surface area contributed by atoms with Crippen molar-refractivity contribution in [1.29, 1.82) is 0 Å². The van der Waals surface area contributed by atoms with E-state index in [1.54, 1.807) is 9.80 Å². The highest BCUT2D eigenvalue weighted by Gasteiger charge is 2.50. The number of nitrogens with zero attached hydrogens (tertiary/aromatic N) is 8. The van der Waals surface area contributed by atoms with Crippen molar-refractivity contribution in [3.8, 4) is 11.6 Å². The number of rotatable bonds is 18. The number of carbonyl (C=O) groups excluding carboxylic acids is 2. The van der Waals surface area contributed by atoms with Crippen molar-refractivity contribution in [3.63, 3.8) is 0 Å². The molecule has 1 atom stereocenters. The number of carboxylic acids is 2. The van der Waals surface area contributed by atoms with E-state index in [2.05, 4.69) is 50.8 Å². The van der Waals surface area contributed by atoms with Gasteiger partial charge in [-0.3, -0.25) is 14.5 Å². The van der Waals surface area contributed by atoms with Gasteiger partial charge in [-0.2, -0.15) is 0 Å². The molecule has 15 nitrogen and oxygen atoms in total. The van der Waals surface area contributed by atoms with E-state index < -0.39 is 17.8 Å². The molecule has 0 bridgehead atoms. The highest BCUT2D eigenvalue weighted by molar-refractivity contribution is 5.97. The Morgan fingerprint density at radius 2 is 1.65 bits per heavy atom. The Kier molecular flexibility index (Phi) is 16.9. The molecular weight excluding hydrogens is 711 g/mol. The molecule has 4 rings (SSSR count). The van der Waals surface area contributed by atoms with Gasteiger partial charge in [-0.25, -0.2) is 19.0 Å². The predicted octanol–water partition coefficient (Wildman–Crippen LogP) is 4.50. The maximum Gasteiger partial charge on any atom is 0.328 e. The molecular formula is C39H59FN8O7. The Morgan fingerprint density at radius 3 is 2.24 bits per heavy atom. The van der Waals surface area contributed by atoms with Gasteiger partial charge in [0.1, 0.15) is 17.9 Å². The quantitative estimate of drug-likeness (QED) is 0.203. The van der Waals surface area contributed by atoms with Gasteiger partial charge < -0.3 is 34.5 Å². The number of carboxylic acid groups (broad SMARTS) is 2. The van der Waals surface area contributed by atoms with Crippen molar-refractivity contribution >= 4 is 29.6 Å². The highest BCUT2D eigenvalue weighted by atomic mass is 19.1. The smallest absolute Gasteiger partial charge is 0.328 e. The standard InChI is InChI=1S/C35H55FN8O3.C4H4O4/c1-9-44(26(4)5)34(46)28-20-27(36)14-15-30(28)47-33-32(37-24-38-39-33)42-19-16-35(21-42)22-43(23-35)29(25(2)3)12-10-17-41(8)18-11-13-31(45)40(6)7;5-3(6)1-2-4(7)8/h14-15,20,24-26,29H,9-13,16-19,21-23H2,1-8H3;1-2H,(H,5,6)(H,7,8)/b;2-1+/t29-;/m1./s1. The largest absolute Gasteiger partial charge is 0.478 e. The molecule has 0 radical (unpaired) electrons. The van der Waals surface area contributed by atoms with E-state index in [0.29, 0.717) is 42.9 Å². The lowest BCUT2D eigenvalue weighted by Crippen LogP contribution is -2.62. The summed E-state index contributed by atoms with van der Waals surface area (Å²) in [4.78, 5) is 59.4. The molecule has 55 heavy (non-hydrogen) atoms. The molecule has 0 saturated carbocycles. The van der Waals surface area contributed by atoms with Gasteiger partial charge in [0.25, 0.3) is 11.8 Å². The van der Waals surface area contributed by atoms with Gasteiger partial charge in [0, 0.05) is 82.9 Å². The first-order valence-electron chi connectivity index (χ1n) is 18.9. The van der Waals surface area contributed by atoms with E-state index in [1.807, 2.05) is 34.9 Å². The highest BCUT2D eigenvalue weighted by Crippen LogP contribution is 2.44. The van der Waals surface area contributed by atoms with Crippen molar-refractivity contribution in [2.45, 2.75) is 78.8 Å². The van der Waals surface area contributed by atoms with Gasteiger partial charge in [-0.1, -0.05) is 13.8 Å². The van der Waals surface area contributed by atoms with Crippen LogP contribution in [0.4, 0.5) is 10.2 Å². The Bertz CT molecular complexity index is 1620. The number of ether oxygens (including phenoxy) is 1. The van der Waals surface area contributed by atoms with Gasteiger partial charge in [-0.05, 0) is 90.7 Å². The van der Waals surface area contributed by atoms with E-state index in [0.717, 1.165) is 65.0 Å². The van der Waals surface area contributed by atoms with Gasteiger partial charge in [0.15, 0.2) is 5.82 Å². The lowest BCUT2D eigenvalue weighted by atomic mass is 9.76. The molecule has 2 aliphatic heterocycles. The zero-order valence-corrected chi connectivity index (χ0v) is 33.6. The van der Waals surface area contributed by atoms with Crippen LogP contribution in [0.5, 0.6) is 11.6 Å². The fourth-order valence-corrected chi connectivity index (χ4v) is 7.21. The average molecular weight is 771 g/mol. The minimum Gasteiger partial charge on any atom is -0.478 e. The van der Waals surface area contributed by atoms with E-state index >= 15 is 0 Å². The summed E-state index contributed by atoms with van der Waals surface area (Å²) in [6, 6.07) is 4.46. The molecule has 2 amide bonds. The molecule has 2 fully saturated rings. The third-order valence-corrected chi connectivity index (χ3v) is 10.1. The van der Waals surface area contributed by atoms with E-state index in [1.165, 1.54) is 24.5 Å². The summed E-state index contributed by atoms with van der Waals surface area (Å²) < 4.78 is 20.5. The number of anilines is 1. The Hall–Kier alpha value is -4.70. The number of carbonyl (C=O) groups is 4. The second kappa shape index (κ2) is 20.8. The van der Waals surface area contributed by atoms with Crippen molar-refractivity contribution in [3.05, 3.63) is 48.1 Å². The molecule has 0 aliphatic carbocycles. The van der Waals surface area contributed by atoms with Crippen LogP contribution in [-0.2, 0) is 14.4 Å². The first kappa shape index (κ1) is 44.7. The van der Waals surface area contributed by atoms with Crippen LogP contribution in [0.1, 0.15) is 77.1 Å². The summed E-state index contributed by atoms with van der Waals surface area (Å²) in [6.07, 6.45) is 7.35. The van der Waals surface area contributed by atoms with Crippen molar-refractivity contribution in [2.75, 3.05) is 71.9 Å². The maximum atomic E-state index is 14.3. The summed E-state index contributed by atoms with van der Waals surface area (Å²) in [5, 5.41) is 23.8. The average Bonchev–Trinajstić information content (AvgIpc) is 3.55. The fraction of sp³-hybridized carbons (Fsp3) is 0.615. The Morgan fingerprint density at radius 1 is 1.00 bits per heavy atom. The predicted molar refractivity (Wildman–Crippen MR) is 207 cm³/mol. The molecule has 1 spiro atoms. The summed E-state index contributed by atoms with van der Waals surface area (Å²) in [5.41, 5.74) is 0.330. The van der Waals surface area contributed by atoms with Crippen LogP contribution in [0.25, 0.3) is 0 Å². The number of amides is 2. The van der Waals surface area contributed by atoms with Gasteiger partial charge in [0.05, 0.1) is 5.56 Å². The number of benzene rings is 1. The van der Waals surface area contributed by atoms with E-state index in [9.17, 15) is 23.6 Å². The number of halogens is 1. The molecule has 1 aromatic heterocycles. The fourth-order valence-electron chi connectivity index (χ4n) is 7.21. The van der Waals surface area contributed by atoms with E-state index in [-0.39, 0.29) is 40.5 Å². The molecule has 2 saturated heterocycles. The minimum absolute atomic E-state index is 0.0482. The lowest BCUT2D eigenvalue weighted by molar-refractivity contribution is -0.134. The molecule has 2 aromatic rings. The van der Waals surface area contributed by atoms with E-state index in [4.69, 9.17) is 14.9 Å². The number of aromatic nitrogens is 3. The number of hydrogen-bond donors (Lipinski definition) is 2. The van der Waals surface area contributed by atoms with Crippen LogP contribution in [-0.4, -0.2) is 148 Å². The van der Waals surface area contributed by atoms with Crippen LogP contribution in [0.3, 0.4) is 0 Å². The Labute approximate surface area is 324 Å². The monoisotopic (exact) mass is 770 g/mol. The number of aliphatic carboxylic acids is 2. The van der Waals surface area contributed by atoms with Crippen LogP contribution in [0.2, 0.25) is 0 Å². The topological polar surface area (TPSA) is 173 Å². The maximum absolute atomic E-state index is 14.3. The van der Waals surface area contributed by atoms with Crippen molar-refractivity contribution < 1.29 is 38.5 Å². The zero-order chi connectivity index (χ0) is 40.9. The van der Waals surface area contributed by atoms with Crippen LogP contribution in [0.15, 0.2) is 36.7 Å². The summed E-state index contributed by atoms with van der Waals surface area (Å²) in [5.74, 6) is -1.54. The van der Waals surface area contributed by atoms with Gasteiger partial charge >= 0.3 is 11.9 Å². The summed E-state index contributed by atoms with van der Waals surface area (Å²) in [7, 11) is 5.77. The zero-order valence-electron chi connectivity index (χ0n) is 33.6. The van der Waals surface area contributed by atoms with Crippen molar-refractivity contribution in [2.24, 2.45) is 11.3 Å². The number of hydrogen-bond acceptors (Lipinski definition) is 11. The second-order valence-corrected chi connectivity index (χ2v) is 15.3. The normalized spacial score (nSPS) is 15.6. The third-order valence-electron chi connectivity index (χ3n) is 10.1. The summed E-state index contributed by atoms with van der Waals surface area (Å²) in [6.45, 7) is 16.6. The van der Waals surface area contributed by atoms with Crippen molar-refractivity contribution in [1.82, 2.24) is 34.8 Å². The van der Waals surface area contributed by atoms with Crippen LogP contribution in [0, 0.1) is 17.2 Å². The summed E-state index contributed by atoms with van der Waals surface area (Å²) >= 11 is 0. The lowest BCUT2D eigenvalue weighted by Gasteiger charge is -2.53. The van der Waals surface area contributed by atoms with Crippen LogP contribution >= 0.6 is 0 Å². The molecule has 304 valence electrons. The molecule has 0 unspecified atom stereocenters. The SMILES string of the molecule is CCN(C(=O)c1cc(F)ccc1Oc1nncnc1N1CCC2(C1)CN([C@H](CCCN(C)CCCC(=O)N(C)C)C(C)C)C2)C(C)C.O=C(O)/C=C/C(=O)O. The second-order valence-electron chi connectivity index (χ2n) is 15.3. The molecule has 2 N–H and O–H groups in total. The van der Waals surface area contributed by atoms with Crippen LogP contribution < -0.4 is 9.64 Å². The third kappa shape index (κ3) is 13.2. The first-order chi connectivity index (χ1) is 26.0. The van der Waals surface area contributed by atoms with Gasteiger partial charge in [-0.15, -0.1) is 10.2 Å². The minimum atomic E-state index is -1.26. The molecule has 16 heteroatoms. The first-order valence-corrected chi connectivity index (χ1v) is 18.9. The molecule has 2 aliphatic rings. The molecule has 1 aromatic carbocycles. The Balaban J connectivity index is 0.000000912. The molecule has 3 heterocycles. The van der Waals surface area contributed by atoms with Gasteiger partial charge in [0.2, 0.25) is 5.91 Å². The number of likely N-dealkylation sites (tertiary alicyclic amines) is 1.